The molecule has 1 heterocycles. The summed E-state index contributed by atoms with van der Waals surface area (Å²) in [4.78, 5) is 37.5. The molecular formula is C23H27NO5. The van der Waals surface area contributed by atoms with Crippen LogP contribution in [-0.2, 0) is 19.1 Å². The number of Topliss-reactive ketones (excluding diaryl/α,β-unsaturated/α-hetero) is 1. The largest absolute Gasteiger partial charge is 0.465 e. The number of hydrogen-bond acceptors (Lipinski definition) is 6. The molecule has 2 aliphatic rings. The van der Waals surface area contributed by atoms with Gasteiger partial charge in [-0.3, -0.25) is 4.79 Å². The van der Waals surface area contributed by atoms with Crippen LogP contribution in [0.5, 0.6) is 0 Å². The van der Waals surface area contributed by atoms with E-state index in [1.165, 1.54) is 7.11 Å². The number of carbonyl (C=O) groups is 3. The van der Waals surface area contributed by atoms with Crippen molar-refractivity contribution in [2.75, 3.05) is 13.7 Å². The van der Waals surface area contributed by atoms with Gasteiger partial charge < -0.3 is 14.8 Å². The molecule has 29 heavy (non-hydrogen) atoms. The predicted octanol–water partition coefficient (Wildman–Crippen LogP) is 3.78. The van der Waals surface area contributed by atoms with E-state index in [4.69, 9.17) is 9.47 Å². The molecule has 0 saturated carbocycles. The van der Waals surface area contributed by atoms with Gasteiger partial charge in [-0.2, -0.15) is 0 Å². The van der Waals surface area contributed by atoms with Crippen LogP contribution in [0.25, 0.3) is 0 Å². The normalized spacial score (nSPS) is 18.9. The number of hydrogen-bond donors (Lipinski definition) is 1. The molecule has 3 rings (SSSR count). The number of nitrogens with one attached hydrogen (secondary N) is 1. The Bertz CT molecular complexity index is 879. The fourth-order valence-electron chi connectivity index (χ4n) is 3.90. The molecule has 1 aromatic rings. The van der Waals surface area contributed by atoms with Gasteiger partial charge >= 0.3 is 11.9 Å². The molecule has 0 fully saturated rings. The fraction of sp³-hybridized carbons (Fsp3) is 0.435. The van der Waals surface area contributed by atoms with Crippen LogP contribution < -0.4 is 5.32 Å². The first-order valence-electron chi connectivity index (χ1n) is 10.1. The molecule has 0 saturated heterocycles. The van der Waals surface area contributed by atoms with Gasteiger partial charge in [0.15, 0.2) is 5.78 Å². The number of dihydropyridines is 1. The maximum Gasteiger partial charge on any atom is 0.337 e. The van der Waals surface area contributed by atoms with Crippen LogP contribution in [-0.4, -0.2) is 31.4 Å². The molecule has 6 nitrogen and oxygen atoms in total. The summed E-state index contributed by atoms with van der Waals surface area (Å²) in [6.07, 6.45) is 3.75. The summed E-state index contributed by atoms with van der Waals surface area (Å²) in [7, 11) is 1.33. The lowest BCUT2D eigenvalue weighted by Gasteiger charge is -2.34. The number of unbranched alkanes of at least 4 members (excludes halogenated alkanes) is 1. The third kappa shape index (κ3) is 4.26. The highest BCUT2D eigenvalue weighted by atomic mass is 16.5. The van der Waals surface area contributed by atoms with E-state index in [1.54, 1.807) is 24.3 Å². The monoisotopic (exact) mass is 397 g/mol. The van der Waals surface area contributed by atoms with Gasteiger partial charge in [0, 0.05) is 29.3 Å². The molecule has 1 aliphatic carbocycles. The lowest BCUT2D eigenvalue weighted by molar-refractivity contribution is -0.139. The Hall–Kier alpha value is -2.89. The molecule has 0 amide bonds. The van der Waals surface area contributed by atoms with Crippen molar-refractivity contribution in [3.63, 3.8) is 0 Å². The van der Waals surface area contributed by atoms with Gasteiger partial charge in [-0.05, 0) is 43.9 Å². The standard InChI is InChI=1S/C23H27NO5/c1-4-5-13-29-23(27)19-14(2)24-17-7-6-8-18(25)21(17)20(19)15-9-11-16(12-10-15)22(26)28-3/h9-12,20,24H,4-8,13H2,1-3H3/t20-/m1/s1. The molecule has 1 aromatic carbocycles. The first-order chi connectivity index (χ1) is 14.0. The van der Waals surface area contributed by atoms with Crippen LogP contribution in [0.1, 0.15) is 67.8 Å². The number of rotatable bonds is 6. The van der Waals surface area contributed by atoms with Crippen LogP contribution >= 0.6 is 0 Å². The Morgan fingerprint density at radius 2 is 1.86 bits per heavy atom. The Kier molecular flexibility index (Phi) is 6.52. The highest BCUT2D eigenvalue weighted by molar-refractivity contribution is 6.03. The highest BCUT2D eigenvalue weighted by Gasteiger charge is 2.39. The van der Waals surface area contributed by atoms with E-state index in [-0.39, 0.29) is 5.78 Å². The second-order valence-corrected chi connectivity index (χ2v) is 7.37. The quantitative estimate of drug-likeness (QED) is 0.581. The number of allylic oxidation sites excluding steroid dienone is 3. The van der Waals surface area contributed by atoms with Crippen molar-refractivity contribution in [2.24, 2.45) is 0 Å². The van der Waals surface area contributed by atoms with Gasteiger partial charge in [0.05, 0.1) is 24.9 Å². The van der Waals surface area contributed by atoms with Gasteiger partial charge in [0.25, 0.3) is 0 Å². The van der Waals surface area contributed by atoms with Crippen molar-refractivity contribution in [3.05, 3.63) is 57.9 Å². The van der Waals surface area contributed by atoms with Crippen molar-refractivity contribution < 1.29 is 23.9 Å². The minimum absolute atomic E-state index is 0.0483. The molecule has 1 atom stereocenters. The summed E-state index contributed by atoms with van der Waals surface area (Å²) in [6.45, 7) is 4.22. The Labute approximate surface area is 171 Å². The van der Waals surface area contributed by atoms with E-state index in [9.17, 15) is 14.4 Å². The summed E-state index contributed by atoms with van der Waals surface area (Å²) < 4.78 is 10.3. The van der Waals surface area contributed by atoms with E-state index in [0.717, 1.165) is 36.9 Å². The van der Waals surface area contributed by atoms with Crippen molar-refractivity contribution in [1.29, 1.82) is 0 Å². The number of ether oxygens (including phenoxy) is 2. The third-order valence-electron chi connectivity index (χ3n) is 5.39. The molecule has 6 heteroatoms. The van der Waals surface area contributed by atoms with Gasteiger partial charge in [0.1, 0.15) is 0 Å². The van der Waals surface area contributed by atoms with E-state index >= 15 is 0 Å². The Morgan fingerprint density at radius 3 is 2.52 bits per heavy atom. The first kappa shape index (κ1) is 20.8. The van der Waals surface area contributed by atoms with Gasteiger partial charge in [-0.15, -0.1) is 0 Å². The minimum atomic E-state index is -0.500. The van der Waals surface area contributed by atoms with Crippen LogP contribution in [0.4, 0.5) is 0 Å². The lowest BCUT2D eigenvalue weighted by atomic mass is 9.75. The topological polar surface area (TPSA) is 81.7 Å². The zero-order valence-electron chi connectivity index (χ0n) is 17.2. The smallest absolute Gasteiger partial charge is 0.337 e. The summed E-state index contributed by atoms with van der Waals surface area (Å²) in [5.74, 6) is -1.29. The molecule has 0 bridgehead atoms. The van der Waals surface area contributed by atoms with Crippen LogP contribution in [0.3, 0.4) is 0 Å². The Morgan fingerprint density at radius 1 is 1.14 bits per heavy atom. The van der Waals surface area contributed by atoms with E-state index in [1.807, 2.05) is 13.8 Å². The summed E-state index contributed by atoms with van der Waals surface area (Å²) in [5.41, 5.74) is 3.88. The molecule has 1 N–H and O–H groups in total. The van der Waals surface area contributed by atoms with Crippen LogP contribution in [0.2, 0.25) is 0 Å². The fourth-order valence-corrected chi connectivity index (χ4v) is 3.90. The second-order valence-electron chi connectivity index (χ2n) is 7.37. The second kappa shape index (κ2) is 9.07. The van der Waals surface area contributed by atoms with Crippen LogP contribution in [0, 0.1) is 0 Å². The average molecular weight is 397 g/mol. The highest BCUT2D eigenvalue weighted by Crippen LogP contribution is 2.42. The van der Waals surface area contributed by atoms with Crippen LogP contribution in [0.15, 0.2) is 46.8 Å². The number of carbonyl (C=O) groups excluding carboxylic acids is 3. The predicted molar refractivity (Wildman–Crippen MR) is 108 cm³/mol. The number of methoxy groups -OCH3 is 1. The number of esters is 2. The van der Waals surface area contributed by atoms with Crippen molar-refractivity contribution in [2.45, 2.75) is 51.9 Å². The van der Waals surface area contributed by atoms with Crippen molar-refractivity contribution >= 4 is 17.7 Å². The lowest BCUT2D eigenvalue weighted by Crippen LogP contribution is -2.34. The molecule has 0 spiro atoms. The maximum absolute atomic E-state index is 12.9. The summed E-state index contributed by atoms with van der Waals surface area (Å²) in [5, 5.41) is 3.27. The third-order valence-corrected chi connectivity index (χ3v) is 5.39. The summed E-state index contributed by atoms with van der Waals surface area (Å²) in [6, 6.07) is 6.88. The summed E-state index contributed by atoms with van der Waals surface area (Å²) >= 11 is 0. The van der Waals surface area contributed by atoms with Gasteiger partial charge in [0.2, 0.25) is 0 Å². The molecule has 0 radical (unpaired) electrons. The maximum atomic E-state index is 12.9. The molecule has 0 aromatic heterocycles. The molecule has 1 aliphatic heterocycles. The molecule has 154 valence electrons. The molecule has 0 unspecified atom stereocenters. The van der Waals surface area contributed by atoms with E-state index in [2.05, 4.69) is 5.32 Å². The zero-order chi connectivity index (χ0) is 21.0. The van der Waals surface area contributed by atoms with Crippen molar-refractivity contribution in [1.82, 2.24) is 5.32 Å². The van der Waals surface area contributed by atoms with Gasteiger partial charge in [-0.25, -0.2) is 9.59 Å². The minimum Gasteiger partial charge on any atom is -0.465 e. The van der Waals surface area contributed by atoms with E-state index in [0.29, 0.717) is 35.4 Å². The zero-order valence-corrected chi connectivity index (χ0v) is 17.2. The number of ketones is 1. The van der Waals surface area contributed by atoms with Gasteiger partial charge in [-0.1, -0.05) is 25.5 Å². The Balaban J connectivity index is 2.03. The van der Waals surface area contributed by atoms with Crippen molar-refractivity contribution in [3.8, 4) is 0 Å². The number of benzene rings is 1. The molecular weight excluding hydrogens is 370 g/mol. The SMILES string of the molecule is CCCCOC(=O)C1=C(C)NC2=C(C(=O)CCC2)[C@@H]1c1ccc(C(=O)OC)cc1. The average Bonchev–Trinajstić information content (AvgIpc) is 2.72. The van der Waals surface area contributed by atoms with E-state index < -0.39 is 17.9 Å². The first-order valence-corrected chi connectivity index (χ1v) is 10.1.